The molecule has 0 saturated carbocycles. The van der Waals surface area contributed by atoms with Gasteiger partial charge in [0.25, 0.3) is 5.91 Å². The van der Waals surface area contributed by atoms with Gasteiger partial charge in [-0.1, -0.05) is 0 Å². The van der Waals surface area contributed by atoms with E-state index in [-0.39, 0.29) is 24.1 Å². The molecule has 1 aliphatic rings. The number of piperazine rings is 1. The van der Waals surface area contributed by atoms with Crippen molar-refractivity contribution in [1.29, 1.82) is 0 Å². The van der Waals surface area contributed by atoms with Crippen molar-refractivity contribution in [1.82, 2.24) is 19.8 Å². The summed E-state index contributed by atoms with van der Waals surface area (Å²) in [6.07, 6.45) is 2.76. The summed E-state index contributed by atoms with van der Waals surface area (Å²) in [4.78, 5) is 34.5. The zero-order chi connectivity index (χ0) is 13.1. The van der Waals surface area contributed by atoms with Crippen LogP contribution in [-0.4, -0.2) is 58.3 Å². The van der Waals surface area contributed by atoms with E-state index in [9.17, 15) is 9.59 Å². The summed E-state index contributed by atoms with van der Waals surface area (Å²) >= 11 is 0. The molecule has 1 saturated heterocycles. The Morgan fingerprint density at radius 1 is 1.44 bits per heavy atom. The van der Waals surface area contributed by atoms with E-state index in [2.05, 4.69) is 15.4 Å². The van der Waals surface area contributed by atoms with Gasteiger partial charge in [0, 0.05) is 20.1 Å². The van der Waals surface area contributed by atoms with Gasteiger partial charge in [-0.05, 0) is 0 Å². The van der Waals surface area contributed by atoms with Gasteiger partial charge in [0.1, 0.15) is 12.2 Å². The van der Waals surface area contributed by atoms with E-state index in [4.69, 9.17) is 5.84 Å². The zero-order valence-electron chi connectivity index (χ0n) is 9.96. The number of likely N-dealkylation sites (N-methyl/N-ethyl adjacent to an activating group) is 1. The topological polar surface area (TPSA) is 104 Å². The van der Waals surface area contributed by atoms with Crippen LogP contribution in [0.3, 0.4) is 0 Å². The van der Waals surface area contributed by atoms with E-state index in [0.29, 0.717) is 18.9 Å². The number of hydrogen-bond acceptors (Lipinski definition) is 6. The zero-order valence-corrected chi connectivity index (χ0v) is 9.96. The molecular formula is C10H14N6O2. The van der Waals surface area contributed by atoms with Crippen molar-refractivity contribution >= 4 is 17.6 Å². The molecule has 2 heterocycles. The molecule has 1 aromatic rings. The first kappa shape index (κ1) is 12.2. The van der Waals surface area contributed by atoms with Crippen molar-refractivity contribution in [2.75, 3.05) is 32.1 Å². The molecule has 0 spiro atoms. The van der Waals surface area contributed by atoms with Crippen LogP contribution < -0.4 is 11.3 Å². The van der Waals surface area contributed by atoms with E-state index in [0.717, 1.165) is 0 Å². The number of carbonyl (C=O) groups is 2. The van der Waals surface area contributed by atoms with Crippen molar-refractivity contribution in [3.05, 3.63) is 18.1 Å². The molecule has 2 rings (SSSR count). The molecule has 0 atom stereocenters. The van der Waals surface area contributed by atoms with Crippen LogP contribution in [0.2, 0.25) is 0 Å². The minimum Gasteiger partial charge on any atom is -0.342 e. The number of carbonyl (C=O) groups excluding carboxylic acids is 2. The van der Waals surface area contributed by atoms with Crippen molar-refractivity contribution in [2.24, 2.45) is 5.84 Å². The Morgan fingerprint density at radius 2 is 2.22 bits per heavy atom. The van der Waals surface area contributed by atoms with Gasteiger partial charge in [0.05, 0.1) is 12.4 Å². The maximum atomic E-state index is 12.1. The summed E-state index contributed by atoms with van der Waals surface area (Å²) in [5, 5.41) is 0. The van der Waals surface area contributed by atoms with E-state index in [1.54, 1.807) is 11.9 Å². The molecular weight excluding hydrogens is 236 g/mol. The van der Waals surface area contributed by atoms with Gasteiger partial charge in [0.2, 0.25) is 5.91 Å². The fourth-order valence-corrected chi connectivity index (χ4v) is 1.63. The summed E-state index contributed by atoms with van der Waals surface area (Å²) in [7, 11) is 1.71. The number of anilines is 1. The second-order valence-electron chi connectivity index (χ2n) is 3.98. The number of rotatable bonds is 2. The SMILES string of the molecule is CN1CCN(C(=O)c2cncc(NN)n2)CC1=O. The van der Waals surface area contributed by atoms with Gasteiger partial charge >= 0.3 is 0 Å². The molecule has 1 aliphatic heterocycles. The lowest BCUT2D eigenvalue weighted by Gasteiger charge is -2.31. The first-order chi connectivity index (χ1) is 8.61. The number of hydrazine groups is 1. The van der Waals surface area contributed by atoms with Crippen molar-refractivity contribution in [3.8, 4) is 0 Å². The lowest BCUT2D eigenvalue weighted by molar-refractivity contribution is -0.133. The van der Waals surface area contributed by atoms with Gasteiger partial charge in [-0.3, -0.25) is 14.6 Å². The van der Waals surface area contributed by atoms with Crippen LogP contribution in [0, 0.1) is 0 Å². The number of nitrogens with one attached hydrogen (secondary N) is 1. The Balaban J connectivity index is 2.13. The number of aromatic nitrogens is 2. The normalized spacial score (nSPS) is 15.8. The summed E-state index contributed by atoms with van der Waals surface area (Å²) in [5.41, 5.74) is 2.49. The fraction of sp³-hybridized carbons (Fsp3) is 0.400. The van der Waals surface area contributed by atoms with Crippen LogP contribution in [0.5, 0.6) is 0 Å². The highest BCUT2D eigenvalue weighted by atomic mass is 16.2. The molecule has 0 aromatic carbocycles. The molecule has 2 amide bonds. The number of nitrogens with zero attached hydrogens (tertiary/aromatic N) is 4. The van der Waals surface area contributed by atoms with Crippen molar-refractivity contribution < 1.29 is 9.59 Å². The molecule has 0 aliphatic carbocycles. The molecule has 18 heavy (non-hydrogen) atoms. The highest BCUT2D eigenvalue weighted by molar-refractivity contribution is 5.95. The summed E-state index contributed by atoms with van der Waals surface area (Å²) in [5.74, 6) is 5.10. The van der Waals surface area contributed by atoms with E-state index in [1.165, 1.54) is 17.3 Å². The maximum Gasteiger partial charge on any atom is 0.274 e. The van der Waals surface area contributed by atoms with Crippen LogP contribution in [0.15, 0.2) is 12.4 Å². The van der Waals surface area contributed by atoms with Crippen molar-refractivity contribution in [2.45, 2.75) is 0 Å². The number of nitrogens with two attached hydrogens (primary N) is 1. The van der Waals surface area contributed by atoms with Crippen LogP contribution in [0.1, 0.15) is 10.5 Å². The van der Waals surface area contributed by atoms with Gasteiger partial charge in [-0.2, -0.15) is 0 Å². The minimum atomic E-state index is -0.318. The molecule has 1 aromatic heterocycles. The first-order valence-electron chi connectivity index (χ1n) is 5.43. The second kappa shape index (κ2) is 4.96. The minimum absolute atomic E-state index is 0.0668. The monoisotopic (exact) mass is 250 g/mol. The Morgan fingerprint density at radius 3 is 2.89 bits per heavy atom. The lowest BCUT2D eigenvalue weighted by Crippen LogP contribution is -2.50. The predicted molar refractivity (Wildman–Crippen MR) is 63.4 cm³/mol. The maximum absolute atomic E-state index is 12.1. The average molecular weight is 250 g/mol. The molecule has 8 heteroatoms. The highest BCUT2D eigenvalue weighted by Crippen LogP contribution is 2.08. The van der Waals surface area contributed by atoms with Crippen LogP contribution in [-0.2, 0) is 4.79 Å². The Bertz CT molecular complexity index is 477. The van der Waals surface area contributed by atoms with E-state index in [1.807, 2.05) is 0 Å². The lowest BCUT2D eigenvalue weighted by atomic mass is 10.3. The first-order valence-corrected chi connectivity index (χ1v) is 5.43. The molecule has 3 N–H and O–H groups in total. The summed E-state index contributed by atoms with van der Waals surface area (Å²) in [6, 6.07) is 0. The third-order valence-corrected chi connectivity index (χ3v) is 2.75. The Hall–Kier alpha value is -2.22. The largest absolute Gasteiger partial charge is 0.342 e. The van der Waals surface area contributed by atoms with Gasteiger partial charge in [0.15, 0.2) is 5.82 Å². The Kier molecular flexibility index (Phi) is 3.38. The van der Waals surface area contributed by atoms with Crippen LogP contribution >= 0.6 is 0 Å². The average Bonchev–Trinajstić information content (AvgIpc) is 2.41. The summed E-state index contributed by atoms with van der Waals surface area (Å²) in [6.45, 7) is 1.08. The molecule has 1 fully saturated rings. The smallest absolute Gasteiger partial charge is 0.274 e. The standard InChI is InChI=1S/C10H14N6O2/c1-15-2-3-16(6-9(15)17)10(18)7-4-12-5-8(13-7)14-11/h4-5H,2-3,6,11H2,1H3,(H,13,14). The molecule has 8 nitrogen and oxygen atoms in total. The van der Waals surface area contributed by atoms with Crippen LogP contribution in [0.4, 0.5) is 5.82 Å². The number of nitrogen functional groups attached to an aromatic ring is 1. The summed E-state index contributed by atoms with van der Waals surface area (Å²) < 4.78 is 0. The number of hydrogen-bond donors (Lipinski definition) is 2. The van der Waals surface area contributed by atoms with Crippen molar-refractivity contribution in [3.63, 3.8) is 0 Å². The highest BCUT2D eigenvalue weighted by Gasteiger charge is 2.26. The third-order valence-electron chi connectivity index (χ3n) is 2.75. The second-order valence-corrected chi connectivity index (χ2v) is 3.98. The Labute approximate surface area is 104 Å². The van der Waals surface area contributed by atoms with Gasteiger partial charge in [-0.15, -0.1) is 0 Å². The molecule has 0 radical (unpaired) electrons. The van der Waals surface area contributed by atoms with Gasteiger partial charge in [-0.25, -0.2) is 10.8 Å². The van der Waals surface area contributed by atoms with E-state index < -0.39 is 0 Å². The molecule has 96 valence electrons. The quantitative estimate of drug-likeness (QED) is 0.498. The van der Waals surface area contributed by atoms with Crippen LogP contribution in [0.25, 0.3) is 0 Å². The molecule has 0 bridgehead atoms. The number of amides is 2. The molecule has 0 unspecified atom stereocenters. The van der Waals surface area contributed by atoms with E-state index >= 15 is 0 Å². The third kappa shape index (κ3) is 2.38. The fourth-order valence-electron chi connectivity index (χ4n) is 1.63. The predicted octanol–water partition coefficient (Wildman–Crippen LogP) is -1.32. The van der Waals surface area contributed by atoms with Gasteiger partial charge < -0.3 is 15.2 Å².